The molecular formula is C7H9NO3. The first-order valence-corrected chi connectivity index (χ1v) is 3.56. The molecule has 0 aliphatic carbocycles. The summed E-state index contributed by atoms with van der Waals surface area (Å²) >= 11 is 0. The number of oxazole rings is 1. The molecule has 0 saturated heterocycles. The van der Waals surface area contributed by atoms with E-state index in [1.807, 2.05) is 0 Å². The van der Waals surface area contributed by atoms with Crippen LogP contribution in [0.2, 0.25) is 0 Å². The second kappa shape index (κ2) is 2.64. The Labute approximate surface area is 63.8 Å². The van der Waals surface area contributed by atoms with Crippen molar-refractivity contribution in [3.05, 3.63) is 17.3 Å². The van der Waals surface area contributed by atoms with Gasteiger partial charge in [-0.25, -0.2) is 4.98 Å². The molecule has 0 radical (unpaired) electrons. The molecule has 0 aromatic carbocycles. The van der Waals surface area contributed by atoms with E-state index < -0.39 is 0 Å². The second-order valence-electron chi connectivity index (χ2n) is 2.44. The molecule has 0 fully saturated rings. The Bertz CT molecular complexity index is 233. The van der Waals surface area contributed by atoms with E-state index in [2.05, 4.69) is 4.98 Å². The van der Waals surface area contributed by atoms with Crippen molar-refractivity contribution in [3.63, 3.8) is 0 Å². The first kappa shape index (κ1) is 6.82. The summed E-state index contributed by atoms with van der Waals surface area (Å²) in [4.78, 5) is 4.03. The van der Waals surface area contributed by atoms with E-state index in [1.54, 1.807) is 0 Å². The van der Waals surface area contributed by atoms with Crippen LogP contribution in [0.5, 0.6) is 0 Å². The highest BCUT2D eigenvalue weighted by Gasteiger charge is 2.16. The van der Waals surface area contributed by atoms with Crippen molar-refractivity contribution in [2.75, 3.05) is 6.61 Å². The van der Waals surface area contributed by atoms with Gasteiger partial charge < -0.3 is 14.3 Å². The van der Waals surface area contributed by atoms with Crippen molar-refractivity contribution >= 4 is 0 Å². The fourth-order valence-corrected chi connectivity index (χ4v) is 1.15. The SMILES string of the molecule is OCc1nc2c(o1)CCOC2. The summed E-state index contributed by atoms with van der Waals surface area (Å²) in [5.41, 5.74) is 0.834. The maximum Gasteiger partial charge on any atom is 0.220 e. The van der Waals surface area contributed by atoms with Gasteiger partial charge in [0.25, 0.3) is 0 Å². The Morgan fingerprint density at radius 1 is 1.55 bits per heavy atom. The lowest BCUT2D eigenvalue weighted by Crippen LogP contribution is -2.07. The van der Waals surface area contributed by atoms with Gasteiger partial charge in [-0.05, 0) is 0 Å². The highest BCUT2D eigenvalue weighted by Crippen LogP contribution is 2.17. The van der Waals surface area contributed by atoms with Gasteiger partial charge in [0.1, 0.15) is 18.1 Å². The molecule has 60 valence electrons. The fraction of sp³-hybridized carbons (Fsp3) is 0.571. The summed E-state index contributed by atoms with van der Waals surface area (Å²) in [5, 5.41) is 8.69. The molecule has 0 atom stereocenters. The van der Waals surface area contributed by atoms with E-state index in [1.165, 1.54) is 0 Å². The third kappa shape index (κ3) is 1.15. The summed E-state index contributed by atoms with van der Waals surface area (Å²) in [6.45, 7) is 1.07. The van der Waals surface area contributed by atoms with Crippen LogP contribution in [0.25, 0.3) is 0 Å². The lowest BCUT2D eigenvalue weighted by atomic mass is 10.2. The van der Waals surface area contributed by atoms with Gasteiger partial charge in [-0.1, -0.05) is 0 Å². The number of rotatable bonds is 1. The normalized spacial score (nSPS) is 16.5. The Kier molecular flexibility index (Phi) is 1.63. The van der Waals surface area contributed by atoms with E-state index >= 15 is 0 Å². The molecule has 4 heteroatoms. The number of hydrogen-bond acceptors (Lipinski definition) is 4. The molecule has 0 saturated carbocycles. The van der Waals surface area contributed by atoms with Crippen LogP contribution < -0.4 is 0 Å². The highest BCUT2D eigenvalue weighted by atomic mass is 16.5. The van der Waals surface area contributed by atoms with Crippen molar-refractivity contribution in [1.82, 2.24) is 4.98 Å². The topological polar surface area (TPSA) is 55.5 Å². The van der Waals surface area contributed by atoms with Gasteiger partial charge in [-0.15, -0.1) is 0 Å². The van der Waals surface area contributed by atoms with Gasteiger partial charge in [0, 0.05) is 6.42 Å². The molecule has 2 rings (SSSR count). The minimum atomic E-state index is -0.132. The van der Waals surface area contributed by atoms with E-state index in [0.717, 1.165) is 17.9 Å². The lowest BCUT2D eigenvalue weighted by molar-refractivity contribution is 0.102. The summed E-state index contributed by atoms with van der Waals surface area (Å²) < 4.78 is 10.4. The zero-order valence-electron chi connectivity index (χ0n) is 6.04. The zero-order chi connectivity index (χ0) is 7.68. The van der Waals surface area contributed by atoms with Gasteiger partial charge >= 0.3 is 0 Å². The van der Waals surface area contributed by atoms with Crippen molar-refractivity contribution in [2.24, 2.45) is 0 Å². The van der Waals surface area contributed by atoms with Gasteiger partial charge in [-0.3, -0.25) is 0 Å². The maximum atomic E-state index is 8.69. The Morgan fingerprint density at radius 3 is 3.18 bits per heavy atom. The van der Waals surface area contributed by atoms with Gasteiger partial charge in [0.15, 0.2) is 0 Å². The van der Waals surface area contributed by atoms with Crippen molar-refractivity contribution in [2.45, 2.75) is 19.6 Å². The quantitative estimate of drug-likeness (QED) is 0.631. The molecule has 4 nitrogen and oxygen atoms in total. The van der Waals surface area contributed by atoms with Crippen LogP contribution in [-0.2, 0) is 24.4 Å². The van der Waals surface area contributed by atoms with E-state index in [-0.39, 0.29) is 6.61 Å². The Hall–Kier alpha value is -0.870. The molecule has 1 N–H and O–H groups in total. The molecule has 1 aliphatic rings. The summed E-state index contributed by atoms with van der Waals surface area (Å²) in [5.74, 6) is 1.25. The van der Waals surface area contributed by atoms with Crippen molar-refractivity contribution < 1.29 is 14.3 Å². The maximum absolute atomic E-state index is 8.69. The van der Waals surface area contributed by atoms with Crippen LogP contribution in [0.1, 0.15) is 17.3 Å². The van der Waals surface area contributed by atoms with Gasteiger partial charge in [-0.2, -0.15) is 0 Å². The van der Waals surface area contributed by atoms with Crippen LogP contribution >= 0.6 is 0 Å². The zero-order valence-corrected chi connectivity index (χ0v) is 6.04. The predicted octanol–water partition coefficient (Wildman–Crippen LogP) is 0.240. The first-order valence-electron chi connectivity index (χ1n) is 3.56. The summed E-state index contributed by atoms with van der Waals surface area (Å²) in [6, 6.07) is 0. The standard InChI is InChI=1S/C7H9NO3/c9-3-7-8-5-4-10-2-1-6(5)11-7/h9H,1-4H2. The molecule has 0 unspecified atom stereocenters. The van der Waals surface area contributed by atoms with Gasteiger partial charge in [0.2, 0.25) is 5.89 Å². The van der Waals surface area contributed by atoms with Crippen LogP contribution in [0.4, 0.5) is 0 Å². The number of nitrogens with zero attached hydrogens (tertiary/aromatic N) is 1. The van der Waals surface area contributed by atoms with Crippen LogP contribution in [0, 0.1) is 0 Å². The molecule has 0 amide bonds. The Morgan fingerprint density at radius 2 is 2.45 bits per heavy atom. The molecule has 0 bridgehead atoms. The predicted molar refractivity (Wildman–Crippen MR) is 35.8 cm³/mol. The van der Waals surface area contributed by atoms with Gasteiger partial charge in [0.05, 0.1) is 13.2 Å². The van der Waals surface area contributed by atoms with Crippen LogP contribution in [-0.4, -0.2) is 16.7 Å². The number of aliphatic hydroxyl groups is 1. The molecule has 0 spiro atoms. The number of aliphatic hydroxyl groups excluding tert-OH is 1. The van der Waals surface area contributed by atoms with E-state index in [4.69, 9.17) is 14.3 Å². The third-order valence-electron chi connectivity index (χ3n) is 1.67. The molecule has 2 heterocycles. The van der Waals surface area contributed by atoms with Crippen molar-refractivity contribution in [1.29, 1.82) is 0 Å². The summed E-state index contributed by atoms with van der Waals surface area (Å²) in [6.07, 6.45) is 0.766. The molecule has 11 heavy (non-hydrogen) atoms. The smallest absolute Gasteiger partial charge is 0.220 e. The van der Waals surface area contributed by atoms with Crippen LogP contribution in [0.3, 0.4) is 0 Å². The number of hydrogen-bond donors (Lipinski definition) is 1. The minimum Gasteiger partial charge on any atom is -0.443 e. The fourth-order valence-electron chi connectivity index (χ4n) is 1.15. The molecule has 1 aromatic rings. The lowest BCUT2D eigenvalue weighted by Gasteiger charge is -2.07. The Balaban J connectivity index is 2.32. The summed E-state index contributed by atoms with van der Waals surface area (Å²) in [7, 11) is 0. The molecule has 1 aliphatic heterocycles. The van der Waals surface area contributed by atoms with Crippen molar-refractivity contribution in [3.8, 4) is 0 Å². The largest absolute Gasteiger partial charge is 0.443 e. The average Bonchev–Trinajstić information content (AvgIpc) is 2.46. The third-order valence-corrected chi connectivity index (χ3v) is 1.67. The number of fused-ring (bicyclic) bond motifs is 1. The second-order valence-corrected chi connectivity index (χ2v) is 2.44. The van der Waals surface area contributed by atoms with Crippen LogP contribution in [0.15, 0.2) is 4.42 Å². The minimum absolute atomic E-state index is 0.132. The molecular weight excluding hydrogens is 146 g/mol. The molecule has 1 aromatic heterocycles. The monoisotopic (exact) mass is 155 g/mol. The highest BCUT2D eigenvalue weighted by molar-refractivity contribution is 5.10. The van der Waals surface area contributed by atoms with E-state index in [0.29, 0.717) is 19.1 Å². The number of ether oxygens (including phenoxy) is 1. The number of aromatic nitrogens is 1. The first-order chi connectivity index (χ1) is 5.40. The van der Waals surface area contributed by atoms with E-state index in [9.17, 15) is 0 Å². The average molecular weight is 155 g/mol.